The number of halogens is 1. The van der Waals surface area contributed by atoms with Crippen LogP contribution in [0, 0.1) is 6.92 Å². The second kappa shape index (κ2) is 4.53. The van der Waals surface area contributed by atoms with E-state index in [1.165, 1.54) is 0 Å². The summed E-state index contributed by atoms with van der Waals surface area (Å²) in [5.41, 5.74) is 9.27. The van der Waals surface area contributed by atoms with Crippen molar-refractivity contribution in [2.24, 2.45) is 0 Å². The van der Waals surface area contributed by atoms with Gasteiger partial charge < -0.3 is 5.73 Å². The SMILES string of the molecule is Cc1ccccc1-n1nc(C(C)C)c(Br)c1N. The fourth-order valence-corrected chi connectivity index (χ4v) is 2.49. The molecule has 2 aromatic rings. The van der Waals surface area contributed by atoms with Gasteiger partial charge in [-0.2, -0.15) is 5.10 Å². The average molecular weight is 294 g/mol. The van der Waals surface area contributed by atoms with Crippen molar-refractivity contribution in [1.29, 1.82) is 0 Å². The van der Waals surface area contributed by atoms with Crippen molar-refractivity contribution in [3.8, 4) is 5.69 Å². The summed E-state index contributed by atoms with van der Waals surface area (Å²) in [5.74, 6) is 1.000. The zero-order chi connectivity index (χ0) is 12.6. The fourth-order valence-electron chi connectivity index (χ4n) is 1.78. The average Bonchev–Trinajstić information content (AvgIpc) is 2.57. The quantitative estimate of drug-likeness (QED) is 0.918. The number of anilines is 1. The van der Waals surface area contributed by atoms with Crippen molar-refractivity contribution in [1.82, 2.24) is 9.78 Å². The highest BCUT2D eigenvalue weighted by Crippen LogP contribution is 2.31. The van der Waals surface area contributed by atoms with E-state index >= 15 is 0 Å². The van der Waals surface area contributed by atoms with Gasteiger partial charge >= 0.3 is 0 Å². The van der Waals surface area contributed by atoms with E-state index in [-0.39, 0.29) is 0 Å². The number of aryl methyl sites for hydroxylation is 1. The Balaban J connectivity index is 2.61. The molecule has 1 heterocycles. The van der Waals surface area contributed by atoms with Crippen LogP contribution in [-0.2, 0) is 0 Å². The molecule has 1 aromatic heterocycles. The summed E-state index contributed by atoms with van der Waals surface area (Å²) in [6.45, 7) is 6.27. The van der Waals surface area contributed by atoms with Crippen molar-refractivity contribution >= 4 is 21.7 Å². The Hall–Kier alpha value is -1.29. The second-order valence-electron chi connectivity index (χ2n) is 4.44. The van der Waals surface area contributed by atoms with E-state index in [4.69, 9.17) is 5.73 Å². The van der Waals surface area contributed by atoms with Crippen LogP contribution in [0.25, 0.3) is 5.69 Å². The first kappa shape index (κ1) is 12.2. The van der Waals surface area contributed by atoms with Gasteiger partial charge in [-0.1, -0.05) is 32.0 Å². The molecule has 1 aromatic carbocycles. The number of para-hydroxylation sites is 1. The summed E-state index contributed by atoms with van der Waals surface area (Å²) in [6.07, 6.45) is 0. The first-order valence-electron chi connectivity index (χ1n) is 5.62. The molecule has 2 rings (SSSR count). The molecule has 0 fully saturated rings. The molecule has 90 valence electrons. The Labute approximate surface area is 110 Å². The lowest BCUT2D eigenvalue weighted by Gasteiger charge is -2.07. The molecule has 0 aliphatic carbocycles. The summed E-state index contributed by atoms with van der Waals surface area (Å²) in [4.78, 5) is 0. The topological polar surface area (TPSA) is 43.8 Å². The van der Waals surface area contributed by atoms with Crippen molar-refractivity contribution in [2.75, 3.05) is 5.73 Å². The minimum atomic E-state index is 0.344. The normalized spacial score (nSPS) is 11.1. The van der Waals surface area contributed by atoms with Crippen LogP contribution in [0.2, 0.25) is 0 Å². The van der Waals surface area contributed by atoms with Gasteiger partial charge in [0, 0.05) is 0 Å². The minimum Gasteiger partial charge on any atom is -0.383 e. The van der Waals surface area contributed by atoms with Gasteiger partial charge in [-0.05, 0) is 40.4 Å². The molecule has 4 heteroatoms. The molecule has 0 bridgehead atoms. The molecule has 0 saturated carbocycles. The standard InChI is InChI=1S/C13H16BrN3/c1-8(2)12-11(14)13(15)17(16-12)10-7-5-4-6-9(10)3/h4-8H,15H2,1-3H3. The first-order chi connectivity index (χ1) is 8.02. The summed E-state index contributed by atoms with van der Waals surface area (Å²) in [6, 6.07) is 8.08. The third-order valence-electron chi connectivity index (χ3n) is 2.78. The van der Waals surface area contributed by atoms with Crippen molar-refractivity contribution < 1.29 is 0 Å². The summed E-state index contributed by atoms with van der Waals surface area (Å²) in [7, 11) is 0. The van der Waals surface area contributed by atoms with Crippen molar-refractivity contribution in [2.45, 2.75) is 26.7 Å². The lowest BCUT2D eigenvalue weighted by atomic mass is 10.1. The summed E-state index contributed by atoms with van der Waals surface area (Å²) < 4.78 is 2.70. The molecule has 17 heavy (non-hydrogen) atoms. The smallest absolute Gasteiger partial charge is 0.141 e. The van der Waals surface area contributed by atoms with Crippen LogP contribution in [0.15, 0.2) is 28.7 Å². The third kappa shape index (κ3) is 2.09. The number of nitrogen functional groups attached to an aromatic ring is 1. The van der Waals surface area contributed by atoms with Gasteiger partial charge in [0.2, 0.25) is 0 Å². The van der Waals surface area contributed by atoms with Crippen LogP contribution in [0.5, 0.6) is 0 Å². The lowest BCUT2D eigenvalue weighted by molar-refractivity contribution is 0.767. The van der Waals surface area contributed by atoms with Crippen molar-refractivity contribution in [3.63, 3.8) is 0 Å². The molecule has 0 aliphatic rings. The molecule has 0 aliphatic heterocycles. The molecule has 0 unspecified atom stereocenters. The fraction of sp³-hybridized carbons (Fsp3) is 0.308. The Bertz CT molecular complexity index is 544. The van der Waals surface area contributed by atoms with E-state index in [1.807, 2.05) is 18.2 Å². The highest BCUT2D eigenvalue weighted by molar-refractivity contribution is 9.10. The maximum absolute atomic E-state index is 6.10. The van der Waals surface area contributed by atoms with Gasteiger partial charge in [-0.15, -0.1) is 0 Å². The second-order valence-corrected chi connectivity index (χ2v) is 5.23. The summed E-state index contributed by atoms with van der Waals surface area (Å²) >= 11 is 3.52. The van der Waals surface area contributed by atoms with Crippen LogP contribution in [0.1, 0.15) is 31.0 Å². The van der Waals surface area contributed by atoms with Gasteiger partial charge in [-0.3, -0.25) is 0 Å². The van der Waals surface area contributed by atoms with Crippen molar-refractivity contribution in [3.05, 3.63) is 40.0 Å². The van der Waals surface area contributed by atoms with E-state index in [0.717, 1.165) is 21.4 Å². The predicted octanol–water partition coefficient (Wildman–Crippen LogP) is 3.65. The molecular weight excluding hydrogens is 278 g/mol. The number of benzene rings is 1. The lowest BCUT2D eigenvalue weighted by Crippen LogP contribution is -2.04. The third-order valence-corrected chi connectivity index (χ3v) is 3.59. The Morgan fingerprint density at radius 1 is 1.29 bits per heavy atom. The Kier molecular flexibility index (Phi) is 3.24. The number of nitrogens with zero attached hydrogens (tertiary/aromatic N) is 2. The van der Waals surface area contributed by atoms with E-state index < -0.39 is 0 Å². The van der Waals surface area contributed by atoms with E-state index in [1.54, 1.807) is 4.68 Å². The van der Waals surface area contributed by atoms with Crippen LogP contribution >= 0.6 is 15.9 Å². The molecule has 0 atom stereocenters. The summed E-state index contributed by atoms with van der Waals surface area (Å²) in [5, 5.41) is 4.58. The van der Waals surface area contributed by atoms with Crippen LogP contribution in [0.3, 0.4) is 0 Å². The monoisotopic (exact) mass is 293 g/mol. The van der Waals surface area contributed by atoms with Crippen LogP contribution in [-0.4, -0.2) is 9.78 Å². The van der Waals surface area contributed by atoms with Gasteiger partial charge in [0.25, 0.3) is 0 Å². The molecule has 0 saturated heterocycles. The van der Waals surface area contributed by atoms with Crippen LogP contribution < -0.4 is 5.73 Å². The number of hydrogen-bond acceptors (Lipinski definition) is 2. The number of hydrogen-bond donors (Lipinski definition) is 1. The van der Waals surface area contributed by atoms with Gasteiger partial charge in [0.05, 0.1) is 15.9 Å². The highest BCUT2D eigenvalue weighted by atomic mass is 79.9. The van der Waals surface area contributed by atoms with E-state index in [2.05, 4.69) is 47.9 Å². The molecular formula is C13H16BrN3. The van der Waals surface area contributed by atoms with E-state index in [9.17, 15) is 0 Å². The molecule has 0 radical (unpaired) electrons. The number of nitrogens with two attached hydrogens (primary N) is 1. The largest absolute Gasteiger partial charge is 0.383 e. The molecule has 3 nitrogen and oxygen atoms in total. The number of aromatic nitrogens is 2. The first-order valence-corrected chi connectivity index (χ1v) is 6.41. The van der Waals surface area contributed by atoms with Crippen LogP contribution in [0.4, 0.5) is 5.82 Å². The molecule has 0 amide bonds. The van der Waals surface area contributed by atoms with Gasteiger partial charge in [0.15, 0.2) is 0 Å². The maximum Gasteiger partial charge on any atom is 0.141 e. The Morgan fingerprint density at radius 2 is 1.94 bits per heavy atom. The predicted molar refractivity (Wildman–Crippen MR) is 74.5 cm³/mol. The maximum atomic E-state index is 6.10. The minimum absolute atomic E-state index is 0.344. The zero-order valence-corrected chi connectivity index (χ0v) is 11.8. The van der Waals surface area contributed by atoms with Gasteiger partial charge in [0.1, 0.15) is 5.82 Å². The van der Waals surface area contributed by atoms with Gasteiger partial charge in [-0.25, -0.2) is 4.68 Å². The number of rotatable bonds is 2. The zero-order valence-electron chi connectivity index (χ0n) is 10.2. The Morgan fingerprint density at radius 3 is 2.47 bits per heavy atom. The molecule has 0 spiro atoms. The highest BCUT2D eigenvalue weighted by Gasteiger charge is 2.17. The molecule has 2 N–H and O–H groups in total. The van der Waals surface area contributed by atoms with E-state index in [0.29, 0.717) is 11.7 Å².